The second kappa shape index (κ2) is 15.5. The molecule has 2 N–H and O–H groups in total. The molecule has 1 unspecified atom stereocenters. The van der Waals surface area contributed by atoms with Crippen LogP contribution in [0.5, 0.6) is 0 Å². The summed E-state index contributed by atoms with van der Waals surface area (Å²) in [7, 11) is -2.26. The van der Waals surface area contributed by atoms with Crippen LogP contribution in [0.25, 0.3) is 0 Å². The first-order chi connectivity index (χ1) is 26.1. The summed E-state index contributed by atoms with van der Waals surface area (Å²) in [4.78, 5) is 33.1. The number of anilines is 1. The third kappa shape index (κ3) is 8.38. The number of halogens is 2. The number of likely N-dealkylation sites (tertiary alicyclic amines) is 3. The Bertz CT molecular complexity index is 1800. The van der Waals surface area contributed by atoms with Crippen molar-refractivity contribution >= 4 is 27.5 Å². The van der Waals surface area contributed by atoms with Crippen LogP contribution in [0, 0.1) is 17.7 Å². The lowest BCUT2D eigenvalue weighted by molar-refractivity contribution is -0.138. The minimum Gasteiger partial charge on any atom is -0.453 e. The second-order valence-corrected chi connectivity index (χ2v) is 19.7. The number of amides is 2. The molecule has 1 saturated carbocycles. The van der Waals surface area contributed by atoms with Gasteiger partial charge in [0.25, 0.3) is 0 Å². The van der Waals surface area contributed by atoms with Crippen molar-refractivity contribution in [3.05, 3.63) is 59.9 Å². The van der Waals surface area contributed by atoms with Gasteiger partial charge in [0.15, 0.2) is 15.5 Å². The molecule has 0 aromatic heterocycles. The Kier molecular flexibility index (Phi) is 11.3. The van der Waals surface area contributed by atoms with Crippen molar-refractivity contribution in [3.63, 3.8) is 0 Å². The first-order valence-corrected chi connectivity index (χ1v) is 21.5. The number of sulfone groups is 1. The number of alkyl halides is 1. The molecular weight excluding hydrogens is 729 g/mol. The average Bonchev–Trinajstić information content (AvgIpc) is 3.54. The molecule has 14 heteroatoms. The number of carbonyl (C=O) groups excluding carboxylic acids is 2. The molecule has 1 aliphatic carbocycles. The van der Waals surface area contributed by atoms with Gasteiger partial charge in [0.1, 0.15) is 11.1 Å². The molecule has 11 nitrogen and oxygen atoms in total. The maximum atomic E-state index is 16.2. The largest absolute Gasteiger partial charge is 0.453 e. The number of hydrogen-bond acceptors (Lipinski definition) is 9. The van der Waals surface area contributed by atoms with Gasteiger partial charge in [-0.3, -0.25) is 9.69 Å². The minimum absolute atomic E-state index is 0.0623. The highest BCUT2D eigenvalue weighted by Crippen LogP contribution is 2.51. The third-order valence-electron chi connectivity index (χ3n) is 13.0. The summed E-state index contributed by atoms with van der Waals surface area (Å²) in [6, 6.07) is 13.6. The molecule has 7 rings (SSSR count). The standard InChI is InChI=1S/C41H57F2N5O6S/c1-39(2,51)22-37(49)47-23-34(24-47)55(52,53)33-13-11-32(12-14-33)48-26-40(43,27-48)25-46-19-15-29(16-20-46)41(28-45-17-6-18-45,30-7-4-8-31(42)21-30)35-9-5-10-36(35)44-38(50)54-3/h4,7-8,11-14,21,29,34-36,51H,5-6,9-10,15-20,22-28H2,1-3H3,(H,44,50)/t35-,36-,41?/m0/s1. The summed E-state index contributed by atoms with van der Waals surface area (Å²) < 4.78 is 62.8. The number of alkyl carbamates (subject to hydrolysis) is 1. The van der Waals surface area contributed by atoms with E-state index >= 15 is 4.39 Å². The molecule has 2 amide bonds. The smallest absolute Gasteiger partial charge is 0.407 e. The predicted molar refractivity (Wildman–Crippen MR) is 206 cm³/mol. The molecule has 4 aliphatic heterocycles. The predicted octanol–water partition coefficient (Wildman–Crippen LogP) is 4.38. The normalized spacial score (nSPS) is 25.1. The molecule has 5 fully saturated rings. The van der Waals surface area contributed by atoms with Crippen molar-refractivity contribution in [2.45, 2.75) is 91.7 Å². The van der Waals surface area contributed by atoms with Crippen molar-refractivity contribution < 1.29 is 36.6 Å². The van der Waals surface area contributed by atoms with Crippen LogP contribution in [-0.2, 0) is 24.8 Å². The van der Waals surface area contributed by atoms with E-state index in [1.807, 2.05) is 4.90 Å². The Morgan fingerprint density at radius 1 is 0.964 bits per heavy atom. The van der Waals surface area contributed by atoms with Gasteiger partial charge in [-0.1, -0.05) is 18.6 Å². The van der Waals surface area contributed by atoms with Crippen LogP contribution >= 0.6 is 0 Å². The van der Waals surface area contributed by atoms with Crippen molar-refractivity contribution in [2.75, 3.05) is 77.5 Å². The maximum Gasteiger partial charge on any atom is 0.407 e. The van der Waals surface area contributed by atoms with Crippen molar-refractivity contribution in [2.24, 2.45) is 11.8 Å². The molecule has 2 aromatic carbocycles. The fourth-order valence-corrected chi connectivity index (χ4v) is 11.7. The van der Waals surface area contributed by atoms with Crippen LogP contribution in [0.15, 0.2) is 53.4 Å². The molecule has 0 spiro atoms. The summed E-state index contributed by atoms with van der Waals surface area (Å²) >= 11 is 0. The summed E-state index contributed by atoms with van der Waals surface area (Å²) in [5, 5.41) is 12.4. The van der Waals surface area contributed by atoms with Crippen LogP contribution in [0.3, 0.4) is 0 Å². The molecule has 5 aliphatic rings. The van der Waals surface area contributed by atoms with Crippen molar-refractivity contribution in [1.82, 2.24) is 20.0 Å². The number of aliphatic hydroxyl groups is 1. The molecule has 55 heavy (non-hydrogen) atoms. The fraction of sp³-hybridized carbons (Fsp3) is 0.659. The van der Waals surface area contributed by atoms with Crippen LogP contribution < -0.4 is 10.2 Å². The zero-order chi connectivity index (χ0) is 39.2. The number of rotatable bonds is 13. The van der Waals surface area contributed by atoms with Gasteiger partial charge in [-0.05, 0) is 126 Å². The first kappa shape index (κ1) is 39.9. The lowest BCUT2D eigenvalue weighted by atomic mass is 9.57. The van der Waals surface area contributed by atoms with E-state index in [1.54, 1.807) is 50.2 Å². The van der Waals surface area contributed by atoms with Crippen LogP contribution in [0.2, 0.25) is 0 Å². The van der Waals surface area contributed by atoms with Gasteiger partial charge >= 0.3 is 6.09 Å². The monoisotopic (exact) mass is 785 g/mol. The molecule has 0 bridgehead atoms. The lowest BCUT2D eigenvalue weighted by Crippen LogP contribution is -2.65. The first-order valence-electron chi connectivity index (χ1n) is 19.9. The SMILES string of the molecule is COC(=O)N[C@H]1CCC[C@@H]1C(CN1CCC1)(c1cccc(F)c1)C1CCN(CC2(F)CN(c3ccc(S(=O)(=O)C4CN(C(=O)CC(C)(C)O)C4)cc3)C2)CC1. The Morgan fingerprint density at radius 2 is 1.65 bits per heavy atom. The van der Waals surface area contributed by atoms with Gasteiger partial charge in [0.05, 0.1) is 37.1 Å². The summed E-state index contributed by atoms with van der Waals surface area (Å²) in [5.74, 6) is -0.199. The molecule has 4 saturated heterocycles. The maximum absolute atomic E-state index is 16.2. The average molecular weight is 786 g/mol. The van der Waals surface area contributed by atoms with Crippen molar-refractivity contribution in [3.8, 4) is 0 Å². The molecule has 302 valence electrons. The lowest BCUT2D eigenvalue weighted by Gasteiger charge is -2.54. The zero-order valence-electron chi connectivity index (χ0n) is 32.4. The number of piperidine rings is 1. The van der Waals surface area contributed by atoms with Gasteiger partial charge in [-0.2, -0.15) is 0 Å². The number of carbonyl (C=O) groups is 2. The van der Waals surface area contributed by atoms with E-state index in [-0.39, 0.29) is 72.5 Å². The van der Waals surface area contributed by atoms with E-state index in [4.69, 9.17) is 4.74 Å². The van der Waals surface area contributed by atoms with E-state index in [0.717, 1.165) is 82.5 Å². The van der Waals surface area contributed by atoms with Crippen LogP contribution in [-0.4, -0.2) is 135 Å². The highest BCUT2D eigenvalue weighted by atomic mass is 32.2. The number of hydrogen-bond donors (Lipinski definition) is 2. The number of methoxy groups -OCH3 is 1. The Balaban J connectivity index is 0.975. The second-order valence-electron chi connectivity index (χ2n) is 17.5. The fourth-order valence-electron chi connectivity index (χ4n) is 10.0. The van der Waals surface area contributed by atoms with E-state index in [1.165, 1.54) is 18.1 Å². The zero-order valence-corrected chi connectivity index (χ0v) is 33.2. The molecule has 4 heterocycles. The molecular formula is C41H57F2N5O6S. The number of benzene rings is 2. The number of nitrogens with one attached hydrogen (secondary N) is 1. The Labute approximate surface area is 324 Å². The topological polar surface area (TPSA) is 123 Å². The van der Waals surface area contributed by atoms with Crippen LogP contribution in [0.1, 0.15) is 64.4 Å². The summed E-state index contributed by atoms with van der Waals surface area (Å²) in [6.45, 7) is 8.29. The quantitative estimate of drug-likeness (QED) is 0.305. The summed E-state index contributed by atoms with van der Waals surface area (Å²) in [6.07, 6.45) is 5.07. The number of nitrogens with zero attached hydrogens (tertiary/aromatic N) is 4. The molecule has 2 aromatic rings. The van der Waals surface area contributed by atoms with E-state index in [2.05, 4.69) is 21.2 Å². The van der Waals surface area contributed by atoms with Crippen LogP contribution in [0.4, 0.5) is 19.3 Å². The minimum atomic E-state index is -3.64. The number of ether oxygens (including phenoxy) is 1. The Morgan fingerprint density at radius 3 is 2.25 bits per heavy atom. The van der Waals surface area contributed by atoms with Gasteiger partial charge < -0.3 is 29.9 Å². The molecule has 3 atom stereocenters. The summed E-state index contributed by atoms with van der Waals surface area (Å²) in [5.41, 5.74) is -1.19. The highest BCUT2D eigenvalue weighted by molar-refractivity contribution is 7.92. The van der Waals surface area contributed by atoms with Crippen molar-refractivity contribution in [1.29, 1.82) is 0 Å². The molecule has 0 radical (unpaired) electrons. The third-order valence-corrected chi connectivity index (χ3v) is 15.1. The van der Waals surface area contributed by atoms with Gasteiger partial charge in [0, 0.05) is 43.3 Å². The van der Waals surface area contributed by atoms with E-state index in [0.29, 0.717) is 6.54 Å². The highest BCUT2D eigenvalue weighted by Gasteiger charge is 2.54. The van der Waals surface area contributed by atoms with Gasteiger partial charge in [-0.15, -0.1) is 0 Å². The van der Waals surface area contributed by atoms with E-state index in [9.17, 15) is 27.5 Å². The van der Waals surface area contributed by atoms with E-state index < -0.39 is 32.5 Å². The Hall–Kier alpha value is -3.33. The van der Waals surface area contributed by atoms with Gasteiger partial charge in [0.2, 0.25) is 5.91 Å². The van der Waals surface area contributed by atoms with Gasteiger partial charge in [-0.25, -0.2) is 22.0 Å².